The number of benzene rings is 2. The number of anilines is 1. The number of aliphatic hydroxyl groups is 1. The fraction of sp³-hybridized carbons (Fsp3) is 0.556. The number of sulfonamides is 1. The van der Waals surface area contributed by atoms with Gasteiger partial charge in [0.15, 0.2) is 0 Å². The predicted octanol–water partition coefficient (Wildman–Crippen LogP) is 6.93. The van der Waals surface area contributed by atoms with Gasteiger partial charge in [-0.3, -0.25) is 4.79 Å². The predicted molar refractivity (Wildman–Crippen MR) is 188 cm³/mol. The molecule has 11 heteroatoms. The molecule has 1 saturated carbocycles. The zero-order valence-corrected chi connectivity index (χ0v) is 29.9. The van der Waals surface area contributed by atoms with Gasteiger partial charge in [0.2, 0.25) is 10.0 Å². The van der Waals surface area contributed by atoms with Crippen LogP contribution in [0.4, 0.5) is 5.69 Å². The summed E-state index contributed by atoms with van der Waals surface area (Å²) in [6.45, 7) is 7.09. The summed E-state index contributed by atoms with van der Waals surface area (Å²) in [5.74, 6) is 0.358. The number of nitrogens with zero attached hydrogens (tertiary/aromatic N) is 2. The van der Waals surface area contributed by atoms with Crippen LogP contribution in [0.5, 0.6) is 5.75 Å². The molecule has 0 bridgehead atoms. The maximum Gasteiger partial charge on any atom is 0.264 e. The van der Waals surface area contributed by atoms with E-state index in [2.05, 4.69) is 33.7 Å². The number of halogens is 1. The molecule has 2 aliphatic carbocycles. The van der Waals surface area contributed by atoms with E-state index in [0.29, 0.717) is 31.9 Å². The second-order valence-corrected chi connectivity index (χ2v) is 17.7. The van der Waals surface area contributed by atoms with E-state index in [-0.39, 0.29) is 22.8 Å². The second kappa shape index (κ2) is 13.7. The SMILES string of the molecule is CCCC[C@@](O)(Cc1nccs1)[C@@H]1CC[C@H]1CN1C[C@@]2(CCCc3cc(Cl)ccc32)COc2ccc(C(=O)NS(=O)(=O)C(C)C)cc21. The molecule has 1 fully saturated rings. The average molecular weight is 700 g/mol. The van der Waals surface area contributed by atoms with Gasteiger partial charge in [-0.25, -0.2) is 18.1 Å². The molecule has 1 spiro atoms. The van der Waals surface area contributed by atoms with E-state index in [0.717, 1.165) is 67.1 Å². The molecule has 0 radical (unpaired) electrons. The van der Waals surface area contributed by atoms with Crippen LogP contribution in [0.15, 0.2) is 48.0 Å². The lowest BCUT2D eigenvalue weighted by molar-refractivity contribution is -0.0876. The average Bonchev–Trinajstić information content (AvgIpc) is 3.47. The Bertz CT molecular complexity index is 1700. The molecule has 8 nitrogen and oxygen atoms in total. The molecule has 47 heavy (non-hydrogen) atoms. The Hall–Kier alpha value is -2.66. The van der Waals surface area contributed by atoms with Crippen LogP contribution < -0.4 is 14.4 Å². The highest BCUT2D eigenvalue weighted by Gasteiger charge is 2.49. The van der Waals surface area contributed by atoms with Crippen LogP contribution in [0, 0.1) is 11.8 Å². The Morgan fingerprint density at radius 1 is 1.26 bits per heavy atom. The van der Waals surface area contributed by atoms with Gasteiger partial charge in [-0.2, -0.15) is 0 Å². The number of thiazole rings is 1. The fourth-order valence-electron chi connectivity index (χ4n) is 7.83. The van der Waals surface area contributed by atoms with Crippen LogP contribution in [0.2, 0.25) is 5.02 Å². The standard InChI is InChI=1S/C36H46ClN3O5S2/c1-4-5-15-36(42,20-33-38-16-17-46-33)30-11-8-27(30)21-40-22-35(14-6-7-25-18-28(37)10-12-29(25)35)23-45-32-13-9-26(19-31(32)40)34(41)39-47(43,44)24(2)3/h9-10,12-13,16-19,24,27,30,42H,4-8,11,14-15,20-23H2,1-3H3,(H,39,41)/t27-,30+,35-,36+/m0/s1. The van der Waals surface area contributed by atoms with Crippen LogP contribution in [0.3, 0.4) is 0 Å². The van der Waals surface area contributed by atoms with Crippen molar-refractivity contribution in [1.29, 1.82) is 0 Å². The van der Waals surface area contributed by atoms with Gasteiger partial charge in [0.1, 0.15) is 5.75 Å². The van der Waals surface area contributed by atoms with Crippen molar-refractivity contribution >= 4 is 44.6 Å². The number of hydrogen-bond acceptors (Lipinski definition) is 8. The first kappa shape index (κ1) is 34.2. The molecule has 2 heterocycles. The molecular formula is C36H46ClN3O5S2. The zero-order chi connectivity index (χ0) is 33.4. The van der Waals surface area contributed by atoms with Crippen LogP contribution in [0.1, 0.15) is 92.2 Å². The number of aromatic nitrogens is 1. The molecule has 1 amide bonds. The molecule has 2 N–H and O–H groups in total. The smallest absolute Gasteiger partial charge is 0.264 e. The van der Waals surface area contributed by atoms with Crippen LogP contribution in [-0.4, -0.2) is 55.0 Å². The first-order valence-corrected chi connectivity index (χ1v) is 19.7. The molecule has 3 aromatic rings. The van der Waals surface area contributed by atoms with E-state index in [1.807, 2.05) is 11.4 Å². The van der Waals surface area contributed by atoms with Crippen molar-refractivity contribution in [3.05, 3.63) is 74.7 Å². The quantitative estimate of drug-likeness (QED) is 0.224. The summed E-state index contributed by atoms with van der Waals surface area (Å²) < 4.78 is 34.0. The molecule has 254 valence electrons. The highest BCUT2D eigenvalue weighted by molar-refractivity contribution is 7.90. The summed E-state index contributed by atoms with van der Waals surface area (Å²) in [5.41, 5.74) is 2.40. The molecule has 0 saturated heterocycles. The number of carbonyl (C=O) groups excluding carboxylic acids is 1. The normalized spacial score (nSPS) is 23.7. The lowest BCUT2D eigenvalue weighted by atomic mass is 9.62. The highest BCUT2D eigenvalue weighted by Crippen LogP contribution is 2.49. The largest absolute Gasteiger partial charge is 0.490 e. The maximum atomic E-state index is 13.3. The summed E-state index contributed by atoms with van der Waals surface area (Å²) in [5, 5.41) is 15.2. The van der Waals surface area contributed by atoms with Crippen molar-refractivity contribution in [1.82, 2.24) is 9.71 Å². The third-order valence-corrected chi connectivity index (χ3v) is 13.3. The molecular weight excluding hydrogens is 654 g/mol. The minimum absolute atomic E-state index is 0.113. The second-order valence-electron chi connectivity index (χ2n) is 14.1. The molecule has 2 aromatic carbocycles. The van der Waals surface area contributed by atoms with Gasteiger partial charge < -0.3 is 14.7 Å². The van der Waals surface area contributed by atoms with E-state index in [1.54, 1.807) is 49.6 Å². The van der Waals surface area contributed by atoms with Crippen LogP contribution in [0.25, 0.3) is 0 Å². The van der Waals surface area contributed by atoms with E-state index >= 15 is 0 Å². The number of aryl methyl sites for hydroxylation is 1. The lowest BCUT2D eigenvalue weighted by Crippen LogP contribution is -2.53. The van der Waals surface area contributed by atoms with Crippen molar-refractivity contribution in [2.75, 3.05) is 24.6 Å². The van der Waals surface area contributed by atoms with E-state index < -0.39 is 26.8 Å². The molecule has 4 atom stereocenters. The lowest BCUT2D eigenvalue weighted by Gasteiger charge is -2.50. The Morgan fingerprint density at radius 3 is 2.79 bits per heavy atom. The van der Waals surface area contributed by atoms with E-state index in [9.17, 15) is 18.3 Å². The first-order valence-electron chi connectivity index (χ1n) is 16.9. The Morgan fingerprint density at radius 2 is 2.09 bits per heavy atom. The summed E-state index contributed by atoms with van der Waals surface area (Å²) >= 11 is 8.04. The first-order chi connectivity index (χ1) is 22.4. The third kappa shape index (κ3) is 7.07. The molecule has 1 aliphatic heterocycles. The highest BCUT2D eigenvalue weighted by atomic mass is 35.5. The van der Waals surface area contributed by atoms with Crippen molar-refractivity contribution in [2.45, 2.75) is 94.8 Å². The summed E-state index contributed by atoms with van der Waals surface area (Å²) in [7, 11) is -3.80. The number of nitrogens with one attached hydrogen (secondary N) is 1. The van der Waals surface area contributed by atoms with Gasteiger partial charge in [-0.05, 0) is 106 Å². The number of amides is 1. The van der Waals surface area contributed by atoms with E-state index in [4.69, 9.17) is 16.3 Å². The fourth-order valence-corrected chi connectivity index (χ4v) is 9.37. The van der Waals surface area contributed by atoms with Crippen molar-refractivity contribution in [3.63, 3.8) is 0 Å². The summed E-state index contributed by atoms with van der Waals surface area (Å²) in [6.07, 6.45) is 9.93. The van der Waals surface area contributed by atoms with Gasteiger partial charge >= 0.3 is 0 Å². The van der Waals surface area contributed by atoms with Gasteiger partial charge in [0.05, 0.1) is 28.2 Å². The van der Waals surface area contributed by atoms with Gasteiger partial charge in [-0.1, -0.05) is 37.4 Å². The third-order valence-electron chi connectivity index (χ3n) is 10.6. The molecule has 0 unspecified atom stereocenters. The molecule has 1 aromatic heterocycles. The minimum Gasteiger partial charge on any atom is -0.490 e. The Balaban J connectivity index is 1.36. The molecule has 6 rings (SSSR count). The zero-order valence-electron chi connectivity index (χ0n) is 27.5. The Kier molecular flexibility index (Phi) is 9.96. The summed E-state index contributed by atoms with van der Waals surface area (Å²) in [4.78, 5) is 20.1. The van der Waals surface area contributed by atoms with Gasteiger partial charge in [0, 0.05) is 47.1 Å². The van der Waals surface area contributed by atoms with Gasteiger partial charge in [0.25, 0.3) is 5.91 Å². The number of hydrogen-bond donors (Lipinski definition) is 2. The molecule has 3 aliphatic rings. The number of carbonyl (C=O) groups is 1. The topological polar surface area (TPSA) is 109 Å². The number of unbranched alkanes of at least 4 members (excludes halogenated alkanes) is 1. The van der Waals surface area contributed by atoms with Crippen LogP contribution >= 0.6 is 22.9 Å². The Labute approximate surface area is 287 Å². The van der Waals surface area contributed by atoms with Gasteiger partial charge in [-0.15, -0.1) is 11.3 Å². The number of rotatable bonds is 11. The van der Waals surface area contributed by atoms with Crippen LogP contribution in [-0.2, 0) is 28.3 Å². The number of ether oxygens (including phenoxy) is 1. The maximum absolute atomic E-state index is 13.3. The van der Waals surface area contributed by atoms with Crippen molar-refractivity contribution < 1.29 is 23.1 Å². The monoisotopic (exact) mass is 699 g/mol. The summed E-state index contributed by atoms with van der Waals surface area (Å²) in [6, 6.07) is 11.4. The van der Waals surface area contributed by atoms with E-state index in [1.165, 1.54) is 11.1 Å². The van der Waals surface area contributed by atoms with Crippen molar-refractivity contribution in [3.8, 4) is 5.75 Å². The number of fused-ring (bicyclic) bond motifs is 3. The minimum atomic E-state index is -3.80. The van der Waals surface area contributed by atoms with Crippen molar-refractivity contribution in [2.24, 2.45) is 11.8 Å².